The Morgan fingerprint density at radius 2 is 1.75 bits per heavy atom. The lowest BCUT2D eigenvalue weighted by Gasteiger charge is -2.17. The number of rotatable bonds is 5. The zero-order valence-electron chi connectivity index (χ0n) is 14.6. The molecule has 0 saturated carbocycles. The first-order chi connectivity index (χ1) is 11.4. The van der Waals surface area contributed by atoms with Crippen LogP contribution in [-0.2, 0) is 6.54 Å². The second-order valence-corrected chi connectivity index (χ2v) is 8.26. The minimum absolute atomic E-state index is 0.168. The summed E-state index contributed by atoms with van der Waals surface area (Å²) < 4.78 is 5.44. The minimum Gasteiger partial charge on any atom is -0.496 e. The highest BCUT2D eigenvalue weighted by molar-refractivity contribution is 8.00. The van der Waals surface area contributed by atoms with Crippen molar-refractivity contribution < 1.29 is 9.53 Å². The van der Waals surface area contributed by atoms with Crippen molar-refractivity contribution in [3.8, 4) is 5.75 Å². The molecular formula is C19H24N2O2S. The van der Waals surface area contributed by atoms with Crippen molar-refractivity contribution >= 4 is 23.5 Å². The molecule has 0 spiro atoms. The van der Waals surface area contributed by atoms with E-state index in [0.717, 1.165) is 17.0 Å². The fourth-order valence-corrected chi connectivity index (χ4v) is 3.14. The van der Waals surface area contributed by atoms with Gasteiger partial charge in [0.05, 0.1) is 7.11 Å². The molecule has 0 unspecified atom stereocenters. The molecule has 2 rings (SSSR count). The molecule has 0 aliphatic carbocycles. The average molecular weight is 344 g/mol. The largest absolute Gasteiger partial charge is 0.496 e. The maximum atomic E-state index is 12.0. The number of thioether (sulfide) groups is 1. The summed E-state index contributed by atoms with van der Waals surface area (Å²) in [6, 6.07) is 15.3. The minimum atomic E-state index is -0.239. The number of nitrogens with one attached hydrogen (secondary N) is 2. The maximum absolute atomic E-state index is 12.0. The number of para-hydroxylation sites is 1. The number of hydrogen-bond donors (Lipinski definition) is 2. The van der Waals surface area contributed by atoms with Crippen molar-refractivity contribution in [1.29, 1.82) is 0 Å². The normalized spacial score (nSPS) is 11.0. The number of benzene rings is 2. The molecule has 4 nitrogen and oxygen atoms in total. The van der Waals surface area contributed by atoms with E-state index in [9.17, 15) is 4.79 Å². The Hall–Kier alpha value is -2.14. The van der Waals surface area contributed by atoms with Gasteiger partial charge in [0.1, 0.15) is 5.75 Å². The summed E-state index contributed by atoms with van der Waals surface area (Å²) in [7, 11) is 1.62. The molecule has 0 radical (unpaired) electrons. The topological polar surface area (TPSA) is 50.4 Å². The third kappa shape index (κ3) is 5.81. The van der Waals surface area contributed by atoms with Crippen LogP contribution in [0.4, 0.5) is 10.5 Å². The first-order valence-electron chi connectivity index (χ1n) is 7.83. The molecule has 128 valence electrons. The van der Waals surface area contributed by atoms with Gasteiger partial charge in [0.15, 0.2) is 0 Å². The lowest BCUT2D eigenvalue weighted by molar-refractivity contribution is 0.251. The Balaban J connectivity index is 1.88. The number of amides is 2. The standard InChI is InChI=1S/C19H24N2O2S/c1-19(2,3)24-16-11-9-15(10-12-16)21-18(22)20-13-14-7-5-6-8-17(14)23-4/h5-12H,13H2,1-4H3,(H2,20,21,22). The third-order valence-electron chi connectivity index (χ3n) is 3.17. The number of carbonyl (C=O) groups excluding carboxylic acids is 1. The van der Waals surface area contributed by atoms with Crippen LogP contribution in [0.25, 0.3) is 0 Å². The van der Waals surface area contributed by atoms with E-state index in [2.05, 4.69) is 31.4 Å². The molecule has 0 fully saturated rings. The predicted molar refractivity (Wildman–Crippen MR) is 101 cm³/mol. The van der Waals surface area contributed by atoms with Gasteiger partial charge in [-0.15, -0.1) is 11.8 Å². The van der Waals surface area contributed by atoms with Gasteiger partial charge in [-0.25, -0.2) is 4.79 Å². The number of urea groups is 1. The SMILES string of the molecule is COc1ccccc1CNC(=O)Nc1ccc(SC(C)(C)C)cc1. The molecule has 0 atom stereocenters. The van der Waals surface area contributed by atoms with Gasteiger partial charge in [-0.3, -0.25) is 0 Å². The quantitative estimate of drug-likeness (QED) is 0.758. The van der Waals surface area contributed by atoms with Crippen LogP contribution in [0.3, 0.4) is 0 Å². The lowest BCUT2D eigenvalue weighted by Crippen LogP contribution is -2.28. The van der Waals surface area contributed by atoms with Crippen LogP contribution in [0.2, 0.25) is 0 Å². The van der Waals surface area contributed by atoms with Gasteiger partial charge in [0, 0.05) is 27.4 Å². The highest BCUT2D eigenvalue weighted by Crippen LogP contribution is 2.32. The molecule has 2 amide bonds. The molecule has 2 N–H and O–H groups in total. The third-order valence-corrected chi connectivity index (χ3v) is 4.29. The summed E-state index contributed by atoms with van der Waals surface area (Å²) in [6.45, 7) is 6.94. The first-order valence-corrected chi connectivity index (χ1v) is 8.65. The van der Waals surface area contributed by atoms with E-state index in [0.29, 0.717) is 6.54 Å². The Bertz CT molecular complexity index is 679. The van der Waals surface area contributed by atoms with Crippen molar-refractivity contribution in [1.82, 2.24) is 5.32 Å². The number of carbonyl (C=O) groups is 1. The number of anilines is 1. The summed E-state index contributed by atoms with van der Waals surface area (Å²) >= 11 is 1.80. The van der Waals surface area contributed by atoms with Crippen molar-refractivity contribution in [2.24, 2.45) is 0 Å². The van der Waals surface area contributed by atoms with Crippen LogP contribution in [0.15, 0.2) is 53.4 Å². The number of methoxy groups -OCH3 is 1. The van der Waals surface area contributed by atoms with E-state index >= 15 is 0 Å². The summed E-state index contributed by atoms with van der Waals surface area (Å²) in [5.74, 6) is 0.765. The summed E-state index contributed by atoms with van der Waals surface area (Å²) in [5, 5.41) is 5.68. The lowest BCUT2D eigenvalue weighted by atomic mass is 10.2. The van der Waals surface area contributed by atoms with E-state index in [1.807, 2.05) is 48.5 Å². The van der Waals surface area contributed by atoms with Crippen LogP contribution >= 0.6 is 11.8 Å². The molecule has 0 bridgehead atoms. The van der Waals surface area contributed by atoms with Crippen molar-refractivity contribution in [3.05, 3.63) is 54.1 Å². The zero-order valence-corrected chi connectivity index (χ0v) is 15.4. The molecular weight excluding hydrogens is 320 g/mol. The molecule has 0 aliphatic heterocycles. The number of hydrogen-bond acceptors (Lipinski definition) is 3. The van der Waals surface area contributed by atoms with E-state index < -0.39 is 0 Å². The van der Waals surface area contributed by atoms with Crippen LogP contribution < -0.4 is 15.4 Å². The van der Waals surface area contributed by atoms with E-state index in [1.165, 1.54) is 4.90 Å². The van der Waals surface area contributed by atoms with Gasteiger partial charge in [-0.2, -0.15) is 0 Å². The van der Waals surface area contributed by atoms with E-state index in [1.54, 1.807) is 18.9 Å². The monoisotopic (exact) mass is 344 g/mol. The van der Waals surface area contributed by atoms with Crippen LogP contribution in [0, 0.1) is 0 Å². The van der Waals surface area contributed by atoms with Crippen molar-refractivity contribution in [2.75, 3.05) is 12.4 Å². The molecule has 2 aromatic rings. The Kier molecular flexibility index (Phi) is 6.15. The van der Waals surface area contributed by atoms with Gasteiger partial charge >= 0.3 is 6.03 Å². The molecule has 0 aliphatic rings. The van der Waals surface area contributed by atoms with Gasteiger partial charge in [-0.1, -0.05) is 39.0 Å². The fourth-order valence-electron chi connectivity index (χ4n) is 2.16. The Morgan fingerprint density at radius 1 is 1.08 bits per heavy atom. The van der Waals surface area contributed by atoms with Gasteiger partial charge < -0.3 is 15.4 Å². The van der Waals surface area contributed by atoms with Crippen LogP contribution in [0.5, 0.6) is 5.75 Å². The Labute approximate surface area is 148 Å². The smallest absolute Gasteiger partial charge is 0.319 e. The van der Waals surface area contributed by atoms with Gasteiger partial charge in [0.25, 0.3) is 0 Å². The molecule has 2 aromatic carbocycles. The first kappa shape index (κ1) is 18.2. The van der Waals surface area contributed by atoms with Gasteiger partial charge in [-0.05, 0) is 30.3 Å². The Morgan fingerprint density at radius 3 is 2.38 bits per heavy atom. The summed E-state index contributed by atoms with van der Waals surface area (Å²) in [6.07, 6.45) is 0. The molecule has 24 heavy (non-hydrogen) atoms. The van der Waals surface area contributed by atoms with Crippen molar-refractivity contribution in [2.45, 2.75) is 37.0 Å². The zero-order chi connectivity index (χ0) is 17.6. The second-order valence-electron chi connectivity index (χ2n) is 6.36. The molecule has 0 saturated heterocycles. The summed E-state index contributed by atoms with van der Waals surface area (Å²) in [4.78, 5) is 13.2. The maximum Gasteiger partial charge on any atom is 0.319 e. The molecule has 0 heterocycles. The van der Waals surface area contributed by atoms with E-state index in [-0.39, 0.29) is 10.8 Å². The highest BCUT2D eigenvalue weighted by Gasteiger charge is 2.12. The number of ether oxygens (including phenoxy) is 1. The van der Waals surface area contributed by atoms with Gasteiger partial charge in [0.2, 0.25) is 0 Å². The van der Waals surface area contributed by atoms with E-state index in [4.69, 9.17) is 4.74 Å². The second kappa shape index (κ2) is 8.11. The molecule has 5 heteroatoms. The van der Waals surface area contributed by atoms with Crippen LogP contribution in [-0.4, -0.2) is 17.9 Å². The van der Waals surface area contributed by atoms with Crippen LogP contribution in [0.1, 0.15) is 26.3 Å². The fraction of sp³-hybridized carbons (Fsp3) is 0.316. The highest BCUT2D eigenvalue weighted by atomic mass is 32.2. The average Bonchev–Trinajstić information content (AvgIpc) is 2.53. The predicted octanol–water partition coefficient (Wildman–Crippen LogP) is 4.91. The summed E-state index contributed by atoms with van der Waals surface area (Å²) in [5.41, 5.74) is 1.71. The molecule has 0 aromatic heterocycles. The van der Waals surface area contributed by atoms with Crippen molar-refractivity contribution in [3.63, 3.8) is 0 Å².